The molecule has 1 saturated heterocycles. The number of aromatic nitrogens is 1. The molecule has 5 rings (SSSR count). The third kappa shape index (κ3) is 4.22. The van der Waals surface area contributed by atoms with Crippen LogP contribution in [0.5, 0.6) is 11.5 Å². The third-order valence-electron chi connectivity index (χ3n) is 5.99. The summed E-state index contributed by atoms with van der Waals surface area (Å²) in [7, 11) is -3.72. The van der Waals surface area contributed by atoms with E-state index in [-0.39, 0.29) is 36.7 Å². The van der Waals surface area contributed by atoms with Gasteiger partial charge >= 0.3 is 0 Å². The van der Waals surface area contributed by atoms with Crippen molar-refractivity contribution in [3.63, 3.8) is 0 Å². The normalized spacial score (nSPS) is 16.4. The zero-order valence-corrected chi connectivity index (χ0v) is 19.7. The number of carbonyl (C=O) groups excluding carboxylic acids is 1. The Balaban J connectivity index is 1.38. The standard InChI is InChI=1S/C24H22ClN3O5S/c25-20-6-2-1-5-19(20)24(29)28(23-7-3-4-12-26-23)17-10-13-27(14-11-17)34(30,31)18-8-9-21-22(15-18)33-16-32-21/h1-9,12,15,17H,10-11,13-14,16H2. The molecular weight excluding hydrogens is 478 g/mol. The molecule has 176 valence electrons. The number of hydrogen-bond donors (Lipinski definition) is 0. The van der Waals surface area contributed by atoms with E-state index >= 15 is 0 Å². The van der Waals surface area contributed by atoms with Crippen LogP contribution >= 0.6 is 11.6 Å². The second-order valence-electron chi connectivity index (χ2n) is 7.99. The molecule has 0 bridgehead atoms. The van der Waals surface area contributed by atoms with Crippen LogP contribution in [0.4, 0.5) is 5.82 Å². The Kier molecular flexibility index (Phi) is 6.16. The van der Waals surface area contributed by atoms with Crippen molar-refractivity contribution in [3.8, 4) is 11.5 Å². The largest absolute Gasteiger partial charge is 0.454 e. The number of benzene rings is 2. The quantitative estimate of drug-likeness (QED) is 0.528. The Morgan fingerprint density at radius 1 is 1.00 bits per heavy atom. The van der Waals surface area contributed by atoms with Crippen LogP contribution in [-0.2, 0) is 10.0 Å². The van der Waals surface area contributed by atoms with Gasteiger partial charge in [-0.2, -0.15) is 4.31 Å². The lowest BCUT2D eigenvalue weighted by atomic mass is 10.0. The Morgan fingerprint density at radius 2 is 1.74 bits per heavy atom. The molecule has 2 aliphatic heterocycles. The zero-order valence-electron chi connectivity index (χ0n) is 18.1. The first-order valence-electron chi connectivity index (χ1n) is 10.8. The molecule has 0 N–H and O–H groups in total. The summed E-state index contributed by atoms with van der Waals surface area (Å²) in [5, 5.41) is 0.358. The number of rotatable bonds is 5. The number of carbonyl (C=O) groups is 1. The molecule has 1 fully saturated rings. The van der Waals surface area contributed by atoms with Crippen LogP contribution in [0.15, 0.2) is 71.8 Å². The van der Waals surface area contributed by atoms with Crippen molar-refractivity contribution < 1.29 is 22.7 Å². The number of fused-ring (bicyclic) bond motifs is 1. The highest BCUT2D eigenvalue weighted by Crippen LogP contribution is 2.35. The van der Waals surface area contributed by atoms with Gasteiger partial charge in [-0.1, -0.05) is 29.8 Å². The Bertz CT molecular complexity index is 1310. The Hall–Kier alpha value is -3.14. The molecule has 10 heteroatoms. The van der Waals surface area contributed by atoms with Crippen molar-refractivity contribution in [1.29, 1.82) is 0 Å². The van der Waals surface area contributed by atoms with E-state index in [0.29, 0.717) is 40.7 Å². The predicted molar refractivity (Wildman–Crippen MR) is 127 cm³/mol. The number of pyridine rings is 1. The fraction of sp³-hybridized carbons (Fsp3) is 0.250. The van der Waals surface area contributed by atoms with Crippen LogP contribution in [0.2, 0.25) is 5.02 Å². The second-order valence-corrected chi connectivity index (χ2v) is 10.3. The SMILES string of the molecule is O=C(c1ccccc1Cl)N(c1ccccn1)C1CCN(S(=O)(=O)c2ccc3c(c2)OCO3)CC1. The van der Waals surface area contributed by atoms with Crippen molar-refractivity contribution in [2.45, 2.75) is 23.8 Å². The van der Waals surface area contributed by atoms with Crippen LogP contribution in [0.25, 0.3) is 0 Å². The number of hydrogen-bond acceptors (Lipinski definition) is 6. The highest BCUT2D eigenvalue weighted by Gasteiger charge is 2.35. The van der Waals surface area contributed by atoms with Crippen molar-refractivity contribution in [2.24, 2.45) is 0 Å². The molecular formula is C24H22ClN3O5S. The average molecular weight is 500 g/mol. The lowest BCUT2D eigenvalue weighted by Crippen LogP contribution is -2.49. The monoisotopic (exact) mass is 499 g/mol. The number of nitrogens with zero attached hydrogens (tertiary/aromatic N) is 3. The lowest BCUT2D eigenvalue weighted by molar-refractivity contribution is 0.0967. The summed E-state index contributed by atoms with van der Waals surface area (Å²) in [6, 6.07) is 16.6. The molecule has 0 atom stereocenters. The van der Waals surface area contributed by atoms with Crippen molar-refractivity contribution in [2.75, 3.05) is 24.8 Å². The van der Waals surface area contributed by atoms with Gasteiger partial charge in [-0.3, -0.25) is 9.69 Å². The van der Waals surface area contributed by atoms with Gasteiger partial charge in [-0.05, 0) is 49.2 Å². The fourth-order valence-electron chi connectivity index (χ4n) is 4.24. The van der Waals surface area contributed by atoms with Gasteiger partial charge in [0.25, 0.3) is 5.91 Å². The maximum Gasteiger partial charge on any atom is 0.261 e. The average Bonchev–Trinajstić information content (AvgIpc) is 3.33. The van der Waals surface area contributed by atoms with E-state index in [2.05, 4.69) is 4.98 Å². The molecule has 8 nitrogen and oxygen atoms in total. The number of sulfonamides is 1. The second kappa shape index (κ2) is 9.25. The fourth-order valence-corrected chi connectivity index (χ4v) is 5.95. The molecule has 2 aromatic carbocycles. The number of piperidine rings is 1. The van der Waals surface area contributed by atoms with Crippen molar-refractivity contribution in [3.05, 3.63) is 77.4 Å². The minimum Gasteiger partial charge on any atom is -0.454 e. The van der Waals surface area contributed by atoms with E-state index in [4.69, 9.17) is 21.1 Å². The van der Waals surface area contributed by atoms with E-state index in [9.17, 15) is 13.2 Å². The highest BCUT2D eigenvalue weighted by molar-refractivity contribution is 7.89. The first-order valence-corrected chi connectivity index (χ1v) is 12.7. The van der Waals surface area contributed by atoms with Crippen molar-refractivity contribution in [1.82, 2.24) is 9.29 Å². The summed E-state index contributed by atoms with van der Waals surface area (Å²) in [5.41, 5.74) is 0.380. The van der Waals surface area contributed by atoms with Gasteiger partial charge in [0.2, 0.25) is 16.8 Å². The van der Waals surface area contributed by atoms with Gasteiger partial charge in [0.05, 0.1) is 15.5 Å². The first-order chi connectivity index (χ1) is 16.4. The van der Waals surface area contributed by atoms with E-state index in [1.165, 1.54) is 16.4 Å². The van der Waals surface area contributed by atoms with Crippen LogP contribution in [-0.4, -0.2) is 49.5 Å². The highest BCUT2D eigenvalue weighted by atomic mass is 35.5. The molecule has 0 saturated carbocycles. The number of halogens is 1. The Labute approximate surface area is 202 Å². The van der Waals surface area contributed by atoms with E-state index in [1.54, 1.807) is 53.6 Å². The molecule has 0 aliphatic carbocycles. The van der Waals surface area contributed by atoms with E-state index in [1.807, 2.05) is 6.07 Å². The van der Waals surface area contributed by atoms with Gasteiger partial charge in [-0.15, -0.1) is 0 Å². The molecule has 3 aromatic rings. The Morgan fingerprint density at radius 3 is 2.47 bits per heavy atom. The summed E-state index contributed by atoms with van der Waals surface area (Å²) in [6.07, 6.45) is 2.54. The number of amides is 1. The topological polar surface area (TPSA) is 89.0 Å². The molecule has 1 aromatic heterocycles. The molecule has 0 spiro atoms. The molecule has 1 amide bonds. The van der Waals surface area contributed by atoms with Crippen LogP contribution < -0.4 is 14.4 Å². The summed E-state index contributed by atoms with van der Waals surface area (Å²) in [6.45, 7) is 0.605. The molecule has 34 heavy (non-hydrogen) atoms. The maximum atomic E-state index is 13.5. The van der Waals surface area contributed by atoms with Gasteiger partial charge in [0, 0.05) is 31.4 Å². The summed E-state index contributed by atoms with van der Waals surface area (Å²) in [5.74, 6) is 1.19. The van der Waals surface area contributed by atoms with Gasteiger partial charge < -0.3 is 9.47 Å². The van der Waals surface area contributed by atoms with Gasteiger partial charge in [0.15, 0.2) is 11.5 Å². The summed E-state index contributed by atoms with van der Waals surface area (Å²) in [4.78, 5) is 19.7. The molecule has 2 aliphatic rings. The number of anilines is 1. The third-order valence-corrected chi connectivity index (χ3v) is 8.21. The molecule has 3 heterocycles. The van der Waals surface area contributed by atoms with Crippen molar-refractivity contribution >= 4 is 33.3 Å². The van der Waals surface area contributed by atoms with Crippen LogP contribution in [0.3, 0.4) is 0 Å². The zero-order chi connectivity index (χ0) is 23.7. The molecule has 0 radical (unpaired) electrons. The first kappa shape index (κ1) is 22.6. The smallest absolute Gasteiger partial charge is 0.261 e. The predicted octanol–water partition coefficient (Wildman–Crippen LogP) is 3.96. The maximum absolute atomic E-state index is 13.5. The minimum atomic E-state index is -3.72. The number of ether oxygens (including phenoxy) is 2. The van der Waals surface area contributed by atoms with Crippen LogP contribution in [0.1, 0.15) is 23.2 Å². The van der Waals surface area contributed by atoms with Crippen LogP contribution in [0, 0.1) is 0 Å². The summed E-state index contributed by atoms with van der Waals surface area (Å²) < 4.78 is 38.6. The summed E-state index contributed by atoms with van der Waals surface area (Å²) >= 11 is 6.31. The lowest BCUT2D eigenvalue weighted by Gasteiger charge is -2.37. The van der Waals surface area contributed by atoms with Gasteiger partial charge in [-0.25, -0.2) is 13.4 Å². The van der Waals surface area contributed by atoms with E-state index in [0.717, 1.165) is 0 Å². The van der Waals surface area contributed by atoms with E-state index < -0.39 is 10.0 Å². The molecule has 0 unspecified atom stereocenters. The minimum absolute atomic E-state index is 0.0764. The van der Waals surface area contributed by atoms with Gasteiger partial charge in [0.1, 0.15) is 5.82 Å².